The van der Waals surface area contributed by atoms with Gasteiger partial charge in [0.2, 0.25) is 24.9 Å². The van der Waals surface area contributed by atoms with Crippen LogP contribution >= 0.6 is 0 Å². The number of hydrogen-bond donors (Lipinski definition) is 0. The topological polar surface area (TPSA) is 161 Å². The summed E-state index contributed by atoms with van der Waals surface area (Å²) >= 11 is 0. The van der Waals surface area contributed by atoms with E-state index >= 15 is 0 Å². The Bertz CT molecular complexity index is 179. The van der Waals surface area contributed by atoms with Gasteiger partial charge in [0.05, 0.1) is 0 Å². The molecule has 16 heteroatoms. The molecule has 0 aromatic rings. The third kappa shape index (κ3) is 576. The van der Waals surface area contributed by atoms with Crippen molar-refractivity contribution in [1.82, 2.24) is 0 Å². The minimum Gasteiger partial charge on any atom is -0.520 e. The summed E-state index contributed by atoms with van der Waals surface area (Å²) in [6, 6.07) is 0. The van der Waals surface area contributed by atoms with Crippen LogP contribution in [0.2, 0.25) is 0 Å². The molecule has 96 valence electrons. The van der Waals surface area contributed by atoms with E-state index in [4.69, 9.17) is 39.6 Å². The smallest absolute Gasteiger partial charge is 0.520 e. The molecule has 0 aliphatic heterocycles. The Morgan fingerprint density at radius 2 is 0.450 bits per heavy atom. The Labute approximate surface area is 279 Å². The van der Waals surface area contributed by atoms with Gasteiger partial charge in [-0.15, -0.1) is 0 Å². The molecule has 8 nitrogen and oxygen atoms in total. The molecule has 0 N–H and O–H groups in total. The van der Waals surface area contributed by atoms with E-state index in [-0.39, 0.29) is 206 Å². The van der Waals surface area contributed by atoms with Crippen molar-refractivity contribution in [1.29, 1.82) is 0 Å². The SMILES string of the molecule is O=C([O-])F.O=C([O-])F.O=C([O-])F.O=C([O-])F.[K+].[K+].[K+].[K+]. The summed E-state index contributed by atoms with van der Waals surface area (Å²) in [6.45, 7) is 0. The Kier molecular flexibility index (Phi) is 108. The Morgan fingerprint density at radius 1 is 0.450 bits per heavy atom. The average Bonchev–Trinajstić information content (AvgIpc) is 1.76. The van der Waals surface area contributed by atoms with E-state index in [9.17, 15) is 17.6 Å². The maximum absolute atomic E-state index is 9.81. The summed E-state index contributed by atoms with van der Waals surface area (Å²) in [6.07, 6.45) is -10.3. The van der Waals surface area contributed by atoms with Crippen molar-refractivity contribution in [2.45, 2.75) is 0 Å². The van der Waals surface area contributed by atoms with Gasteiger partial charge >= 0.3 is 206 Å². The summed E-state index contributed by atoms with van der Waals surface area (Å²) in [7, 11) is 0. The number of rotatable bonds is 0. The molecule has 0 saturated carbocycles. The molecule has 0 fully saturated rings. The fourth-order valence-electron chi connectivity index (χ4n) is 0. The van der Waals surface area contributed by atoms with Gasteiger partial charge < -0.3 is 39.6 Å². The third-order valence-electron chi connectivity index (χ3n) is 0. The largest absolute Gasteiger partial charge is 1.00 e. The van der Waals surface area contributed by atoms with Crippen molar-refractivity contribution < 1.29 is 263 Å². The summed E-state index contributed by atoms with van der Waals surface area (Å²) in [5.41, 5.74) is 0. The van der Waals surface area contributed by atoms with E-state index in [0.29, 0.717) is 0 Å². The molecular weight excluding hydrogens is 408 g/mol. The Morgan fingerprint density at radius 3 is 0.450 bits per heavy atom. The summed E-state index contributed by atoms with van der Waals surface area (Å²) in [5.74, 6) is 0. The van der Waals surface area contributed by atoms with Gasteiger partial charge in [0.25, 0.3) is 0 Å². The summed E-state index contributed by atoms with van der Waals surface area (Å²) in [5, 5.41) is 32.9. The van der Waals surface area contributed by atoms with Crippen LogP contribution in [0.25, 0.3) is 0 Å². The minimum atomic E-state index is -2.58. The number of carboxylic acid groups (broad SMARTS) is 4. The van der Waals surface area contributed by atoms with Crippen molar-refractivity contribution in [2.24, 2.45) is 0 Å². The van der Waals surface area contributed by atoms with Crippen molar-refractivity contribution in [2.75, 3.05) is 0 Å². The van der Waals surface area contributed by atoms with Crippen LogP contribution in [0.5, 0.6) is 0 Å². The monoisotopic (exact) mass is 408 g/mol. The average molecular weight is 408 g/mol. The molecule has 0 aliphatic carbocycles. The first-order valence-corrected chi connectivity index (χ1v) is 2.39. The second-order valence-corrected chi connectivity index (χ2v) is 0.951. The van der Waals surface area contributed by atoms with Gasteiger partial charge in [-0.25, -0.2) is 0 Å². The van der Waals surface area contributed by atoms with Crippen LogP contribution in [0.4, 0.5) is 36.7 Å². The van der Waals surface area contributed by atoms with E-state index in [1.54, 1.807) is 0 Å². The molecule has 0 aliphatic rings. The van der Waals surface area contributed by atoms with Crippen LogP contribution in [-0.4, -0.2) is 24.9 Å². The molecule has 0 bridgehead atoms. The van der Waals surface area contributed by atoms with Gasteiger partial charge in [-0.05, 0) is 0 Å². The van der Waals surface area contributed by atoms with Gasteiger partial charge in [0.1, 0.15) is 0 Å². The van der Waals surface area contributed by atoms with E-state index in [2.05, 4.69) is 0 Å². The first-order chi connectivity index (χ1) is 6.93. The molecule has 0 saturated heterocycles. The second-order valence-electron chi connectivity index (χ2n) is 0.951. The van der Waals surface area contributed by atoms with Crippen LogP contribution in [0.15, 0.2) is 0 Å². The van der Waals surface area contributed by atoms with Gasteiger partial charge in [0, 0.05) is 0 Å². The fourth-order valence-corrected chi connectivity index (χ4v) is 0. The number of halogens is 4. The number of carbonyl (C=O) groups is 4. The predicted octanol–water partition coefficient (Wildman–Crippen LogP) is -14.8. The van der Waals surface area contributed by atoms with Crippen molar-refractivity contribution in [3.05, 3.63) is 0 Å². The third-order valence-corrected chi connectivity index (χ3v) is 0. The second kappa shape index (κ2) is 43.5. The molecule has 20 heavy (non-hydrogen) atoms. The van der Waals surface area contributed by atoms with E-state index in [1.165, 1.54) is 0 Å². The minimum absolute atomic E-state index is 0. The van der Waals surface area contributed by atoms with Crippen LogP contribution in [-0.2, 0) is 0 Å². The normalized spacial score (nSPS) is 5.00. The summed E-state index contributed by atoms with van der Waals surface area (Å²) < 4.78 is 39.2. The van der Waals surface area contributed by atoms with Crippen LogP contribution < -0.4 is 226 Å². The zero-order chi connectivity index (χ0) is 14.3. The molecule has 0 unspecified atom stereocenters. The Hall–Kier alpha value is 4.15. The first kappa shape index (κ1) is 49.6. The molecule has 0 atom stereocenters. The zero-order valence-electron chi connectivity index (χ0n) is 10.8. The maximum Gasteiger partial charge on any atom is 1.00 e. The van der Waals surface area contributed by atoms with Gasteiger partial charge in [-0.2, -0.15) is 17.6 Å². The zero-order valence-corrected chi connectivity index (χ0v) is 23.3. The molecular formula is C4F4K4O8. The van der Waals surface area contributed by atoms with Crippen molar-refractivity contribution in [3.8, 4) is 0 Å². The quantitative estimate of drug-likeness (QED) is 0.217. The molecule has 0 heterocycles. The van der Waals surface area contributed by atoms with E-state index in [1.807, 2.05) is 0 Å². The van der Waals surface area contributed by atoms with Gasteiger partial charge in [0.15, 0.2) is 0 Å². The van der Waals surface area contributed by atoms with Crippen molar-refractivity contribution >= 4 is 24.9 Å². The standard InChI is InChI=1S/4CHFO2.4K/c4*2-1(3)4;;;;/h4*(H,3,4);;;;/q;;;;4*+1/p-4. The fraction of sp³-hybridized carbons (Fsp3) is 0. The van der Waals surface area contributed by atoms with Crippen LogP contribution in [0.1, 0.15) is 0 Å². The number of carbonyl (C=O) groups excluding carboxylic acids is 4. The number of hydrogen-bond acceptors (Lipinski definition) is 8. The van der Waals surface area contributed by atoms with Crippen LogP contribution in [0, 0.1) is 0 Å². The van der Waals surface area contributed by atoms with Gasteiger partial charge in [-0.1, -0.05) is 0 Å². The Balaban J connectivity index is -0.0000000150. The first-order valence-electron chi connectivity index (χ1n) is 2.39. The van der Waals surface area contributed by atoms with E-state index < -0.39 is 24.9 Å². The van der Waals surface area contributed by atoms with E-state index in [0.717, 1.165) is 0 Å². The molecule has 0 rings (SSSR count). The van der Waals surface area contributed by atoms with Crippen molar-refractivity contribution in [3.63, 3.8) is 0 Å². The van der Waals surface area contributed by atoms with Crippen LogP contribution in [0.3, 0.4) is 0 Å². The molecule has 0 amide bonds. The molecule has 0 radical (unpaired) electrons. The predicted molar refractivity (Wildman–Crippen MR) is 26.0 cm³/mol. The maximum atomic E-state index is 9.81. The molecule has 0 aromatic carbocycles. The van der Waals surface area contributed by atoms with Gasteiger partial charge in [-0.3, -0.25) is 0 Å². The summed E-state index contributed by atoms with van der Waals surface area (Å²) in [4.78, 5) is 32.9. The molecule has 0 aromatic heterocycles. The molecule has 0 spiro atoms.